The van der Waals surface area contributed by atoms with Crippen LogP contribution in [-0.4, -0.2) is 52.2 Å². The maximum Gasteiger partial charge on any atom is 0.150 e. The Kier molecular flexibility index (Phi) is 4.67. The summed E-state index contributed by atoms with van der Waals surface area (Å²) in [6.07, 6.45) is 4.95. The minimum absolute atomic E-state index is 0.0721. The second kappa shape index (κ2) is 6.97. The normalized spacial score (nSPS) is 27.0. The van der Waals surface area contributed by atoms with Crippen molar-refractivity contribution < 1.29 is 5.11 Å². The summed E-state index contributed by atoms with van der Waals surface area (Å²) in [4.78, 5) is 14.0. The first-order valence-electron chi connectivity index (χ1n) is 9.65. The van der Waals surface area contributed by atoms with E-state index in [4.69, 9.17) is 4.98 Å². The van der Waals surface area contributed by atoms with Crippen LogP contribution in [0.5, 0.6) is 0 Å². The first-order chi connectivity index (χ1) is 12.6. The highest BCUT2D eigenvalue weighted by Gasteiger charge is 2.46. The molecule has 2 aliphatic heterocycles. The van der Waals surface area contributed by atoms with E-state index in [1.165, 1.54) is 12.8 Å². The van der Waals surface area contributed by atoms with Gasteiger partial charge in [0.15, 0.2) is 0 Å². The topological polar surface area (TPSA) is 52.5 Å². The summed E-state index contributed by atoms with van der Waals surface area (Å²) in [5.74, 6) is 0.962. The van der Waals surface area contributed by atoms with Gasteiger partial charge in [-0.3, -0.25) is 9.88 Å². The fraction of sp³-hybridized carbons (Fsp3) is 0.524. The van der Waals surface area contributed by atoms with Crippen molar-refractivity contribution in [2.24, 2.45) is 0 Å². The maximum absolute atomic E-state index is 11.7. The van der Waals surface area contributed by atoms with Crippen molar-refractivity contribution in [1.29, 1.82) is 0 Å². The molecule has 1 N–H and O–H groups in total. The molecule has 2 aliphatic rings. The largest absolute Gasteiger partial charge is 0.383 e. The summed E-state index contributed by atoms with van der Waals surface area (Å²) in [6.45, 7) is 7.69. The van der Waals surface area contributed by atoms with Crippen molar-refractivity contribution in [1.82, 2.24) is 14.9 Å². The van der Waals surface area contributed by atoms with Crippen LogP contribution in [0.2, 0.25) is 0 Å². The molecule has 2 saturated heterocycles. The molecule has 0 unspecified atom stereocenters. The highest BCUT2D eigenvalue weighted by Crippen LogP contribution is 2.38. The van der Waals surface area contributed by atoms with Crippen LogP contribution in [0.3, 0.4) is 0 Å². The van der Waals surface area contributed by atoms with Crippen molar-refractivity contribution in [2.45, 2.75) is 44.8 Å². The van der Waals surface area contributed by atoms with Crippen molar-refractivity contribution in [2.75, 3.05) is 31.1 Å². The number of hydrogen-bond acceptors (Lipinski definition) is 5. The van der Waals surface area contributed by atoms with Gasteiger partial charge in [-0.2, -0.15) is 0 Å². The lowest BCUT2D eigenvalue weighted by atomic mass is 9.79. The minimum atomic E-state index is -0.812. The van der Waals surface area contributed by atoms with Crippen LogP contribution >= 0.6 is 0 Å². The second-order valence-corrected chi connectivity index (χ2v) is 7.67. The van der Waals surface area contributed by atoms with Gasteiger partial charge in [-0.05, 0) is 51.8 Å². The number of aryl methyl sites for hydroxylation is 2. The van der Waals surface area contributed by atoms with E-state index in [0.717, 1.165) is 48.9 Å². The fourth-order valence-corrected chi connectivity index (χ4v) is 4.47. The SMILES string of the molecule is Cc1cnc(C)c(N2CC[C@](O)(c3ccccc3)[C@H](N3CCCC3)C2)n1. The molecule has 0 saturated carbocycles. The molecule has 4 rings (SSSR count). The number of nitrogens with zero attached hydrogens (tertiary/aromatic N) is 4. The zero-order valence-corrected chi connectivity index (χ0v) is 15.7. The summed E-state index contributed by atoms with van der Waals surface area (Å²) in [5, 5.41) is 11.7. The minimum Gasteiger partial charge on any atom is -0.383 e. The van der Waals surface area contributed by atoms with E-state index in [-0.39, 0.29) is 6.04 Å². The number of anilines is 1. The Labute approximate surface area is 155 Å². The Balaban J connectivity index is 1.68. The number of piperidine rings is 1. The Hall–Kier alpha value is -1.98. The summed E-state index contributed by atoms with van der Waals surface area (Å²) < 4.78 is 0. The molecular formula is C21H28N4O. The summed E-state index contributed by atoms with van der Waals surface area (Å²) in [7, 11) is 0. The van der Waals surface area contributed by atoms with E-state index in [0.29, 0.717) is 6.42 Å². The third-order valence-corrected chi connectivity index (χ3v) is 5.91. The first kappa shape index (κ1) is 17.4. The van der Waals surface area contributed by atoms with Gasteiger partial charge in [0.25, 0.3) is 0 Å². The van der Waals surface area contributed by atoms with E-state index < -0.39 is 5.60 Å². The molecule has 2 atom stereocenters. The molecule has 0 amide bonds. The van der Waals surface area contributed by atoms with E-state index in [2.05, 4.69) is 26.9 Å². The lowest BCUT2D eigenvalue weighted by Gasteiger charge is -2.49. The average molecular weight is 352 g/mol. The van der Waals surface area contributed by atoms with Crippen LogP contribution in [0.4, 0.5) is 5.82 Å². The Morgan fingerprint density at radius 3 is 2.54 bits per heavy atom. The van der Waals surface area contributed by atoms with Gasteiger partial charge >= 0.3 is 0 Å². The molecule has 26 heavy (non-hydrogen) atoms. The van der Waals surface area contributed by atoms with Crippen LogP contribution in [0, 0.1) is 13.8 Å². The summed E-state index contributed by atoms with van der Waals surface area (Å²) in [5.41, 5.74) is 2.12. The predicted molar refractivity (Wildman–Crippen MR) is 103 cm³/mol. The van der Waals surface area contributed by atoms with E-state index in [1.54, 1.807) is 0 Å². The number of likely N-dealkylation sites (tertiary alicyclic amines) is 1. The monoisotopic (exact) mass is 352 g/mol. The predicted octanol–water partition coefficient (Wildman–Crippen LogP) is 2.66. The van der Waals surface area contributed by atoms with Gasteiger partial charge in [0.1, 0.15) is 11.4 Å². The van der Waals surface area contributed by atoms with Gasteiger partial charge in [-0.25, -0.2) is 4.98 Å². The summed E-state index contributed by atoms with van der Waals surface area (Å²) in [6, 6.07) is 10.3. The quantitative estimate of drug-likeness (QED) is 0.920. The third kappa shape index (κ3) is 3.10. The average Bonchev–Trinajstić information content (AvgIpc) is 3.19. The Bertz CT molecular complexity index is 760. The molecule has 0 spiro atoms. The lowest BCUT2D eigenvalue weighted by molar-refractivity contribution is -0.0603. The van der Waals surface area contributed by atoms with Crippen LogP contribution in [0.15, 0.2) is 36.5 Å². The molecular weight excluding hydrogens is 324 g/mol. The molecule has 3 heterocycles. The van der Waals surface area contributed by atoms with Gasteiger partial charge in [0.2, 0.25) is 0 Å². The van der Waals surface area contributed by atoms with Gasteiger partial charge < -0.3 is 10.0 Å². The number of aromatic nitrogens is 2. The van der Waals surface area contributed by atoms with Gasteiger partial charge in [-0.15, -0.1) is 0 Å². The Morgan fingerprint density at radius 1 is 1.08 bits per heavy atom. The van der Waals surface area contributed by atoms with E-state index in [1.807, 2.05) is 38.2 Å². The smallest absolute Gasteiger partial charge is 0.150 e. The lowest BCUT2D eigenvalue weighted by Crippen LogP contribution is -2.60. The van der Waals surface area contributed by atoms with E-state index in [9.17, 15) is 5.11 Å². The molecule has 0 aliphatic carbocycles. The molecule has 0 bridgehead atoms. The fourth-order valence-electron chi connectivity index (χ4n) is 4.47. The number of benzene rings is 1. The van der Waals surface area contributed by atoms with Crippen LogP contribution in [-0.2, 0) is 5.60 Å². The molecule has 1 aromatic heterocycles. The zero-order chi connectivity index (χ0) is 18.1. The standard InChI is InChI=1S/C21H28N4O/c1-16-14-22-17(2)20(23-16)25-13-10-21(26,18-8-4-3-5-9-18)19(15-25)24-11-6-7-12-24/h3-5,8-9,14,19,26H,6-7,10-13,15H2,1-2H3/t19-,21+/m1/s1. The molecule has 2 aromatic rings. The number of aliphatic hydroxyl groups is 1. The van der Waals surface area contributed by atoms with Crippen LogP contribution < -0.4 is 4.90 Å². The molecule has 5 heteroatoms. The van der Waals surface area contributed by atoms with E-state index >= 15 is 0 Å². The molecule has 0 radical (unpaired) electrons. The van der Waals surface area contributed by atoms with Gasteiger partial charge in [0, 0.05) is 19.3 Å². The molecule has 2 fully saturated rings. The van der Waals surface area contributed by atoms with Crippen molar-refractivity contribution >= 4 is 5.82 Å². The number of rotatable bonds is 3. The highest BCUT2D eigenvalue weighted by molar-refractivity contribution is 5.45. The van der Waals surface area contributed by atoms with Crippen molar-refractivity contribution in [3.8, 4) is 0 Å². The third-order valence-electron chi connectivity index (χ3n) is 5.91. The highest BCUT2D eigenvalue weighted by atomic mass is 16.3. The zero-order valence-electron chi connectivity index (χ0n) is 15.7. The van der Waals surface area contributed by atoms with Crippen molar-refractivity contribution in [3.63, 3.8) is 0 Å². The second-order valence-electron chi connectivity index (χ2n) is 7.67. The van der Waals surface area contributed by atoms with Gasteiger partial charge in [0.05, 0.1) is 17.4 Å². The van der Waals surface area contributed by atoms with Crippen LogP contribution in [0.25, 0.3) is 0 Å². The summed E-state index contributed by atoms with van der Waals surface area (Å²) >= 11 is 0. The van der Waals surface area contributed by atoms with Gasteiger partial charge in [-0.1, -0.05) is 30.3 Å². The maximum atomic E-state index is 11.7. The number of hydrogen-bond donors (Lipinski definition) is 1. The van der Waals surface area contributed by atoms with Crippen LogP contribution in [0.1, 0.15) is 36.2 Å². The molecule has 1 aromatic carbocycles. The molecule has 138 valence electrons. The van der Waals surface area contributed by atoms with Crippen molar-refractivity contribution in [3.05, 3.63) is 53.5 Å². The first-order valence-corrected chi connectivity index (χ1v) is 9.65. The molecule has 5 nitrogen and oxygen atoms in total. The Morgan fingerprint density at radius 2 is 1.81 bits per heavy atom.